The maximum absolute atomic E-state index is 15.2. The number of non-ortho nitro benzene ring substituents is 1. The number of Topliss-reactive ketones (excluding diaryl/α,β-unsaturated/α-hetero) is 2. The summed E-state index contributed by atoms with van der Waals surface area (Å²) in [7, 11) is 1.95. The van der Waals surface area contributed by atoms with Crippen molar-refractivity contribution in [3.05, 3.63) is 134 Å². The largest absolute Gasteiger partial charge is 0.507 e. The van der Waals surface area contributed by atoms with Crippen molar-refractivity contribution in [2.24, 2.45) is 40.5 Å². The molecule has 410 valence electrons. The van der Waals surface area contributed by atoms with E-state index in [0.29, 0.717) is 25.9 Å². The molecular weight excluding hydrogens is 1010 g/mol. The highest BCUT2D eigenvalue weighted by Crippen LogP contribution is 2.52. The topological polar surface area (TPSA) is 257 Å². The number of nitrogens with one attached hydrogen (secondary N) is 1. The van der Waals surface area contributed by atoms with Crippen molar-refractivity contribution in [2.75, 3.05) is 20.1 Å². The van der Waals surface area contributed by atoms with E-state index in [4.69, 9.17) is 30.8 Å². The van der Waals surface area contributed by atoms with Crippen LogP contribution in [0.25, 0.3) is 0 Å². The van der Waals surface area contributed by atoms with Crippen LogP contribution in [0.4, 0.5) is 15.3 Å². The molecule has 5 aliphatic heterocycles. The Bertz CT molecular complexity index is 3010. The number of benzene rings is 3. The maximum Gasteiger partial charge on any atom is 0.421 e. The normalized spacial score (nSPS) is 28.9. The number of ketones is 2. The van der Waals surface area contributed by atoms with Crippen LogP contribution in [0.3, 0.4) is 0 Å². The molecule has 1 fully saturated rings. The Morgan fingerprint density at radius 3 is 2.05 bits per heavy atom. The van der Waals surface area contributed by atoms with E-state index in [9.17, 15) is 44.6 Å². The Hall–Kier alpha value is -7.19. The van der Waals surface area contributed by atoms with Gasteiger partial charge in [-0.25, -0.2) is 14.5 Å². The number of aliphatic hydroxyl groups is 2. The number of nitro groups is 1. The average Bonchev–Trinajstić information content (AvgIpc) is 3.99. The molecule has 9 atom stereocenters. The Kier molecular flexibility index (Phi) is 17.0. The lowest BCUT2D eigenvalue weighted by Crippen LogP contribution is -2.54. The van der Waals surface area contributed by atoms with Gasteiger partial charge in [0.2, 0.25) is 5.78 Å². The standard InChI is InChI=1S/C50H62N4O10.C7H4ClNO4/c1-25-15-17-34(18-16-25)63-48(61)54-40-38(52-50(54)20-22-53(11)23-21-50)35-36-43(57)33(9)45-37(35)46(59)49(10,64-45)62-24-19-26(2)29(5)30(6)31(7)42(56)32(8)41(55)27(3)13-12-14-28(4)47(60)51-39(40)44(36)58;8-7(10)13-6-3-1-5(2-4-6)9(11)12/h12-19,24,26-27,29-32,41-42,55-57H,20-23H2,1-11H3,(H,51,60);1-4H/b13-12+,24-19+,28-14-;/t26-,27-,29+,30+,31-,32+,41-,42-,49-;/m0./s1. The third-order valence-corrected chi connectivity index (χ3v) is 15.9. The van der Waals surface area contributed by atoms with Gasteiger partial charge in [0.1, 0.15) is 40.1 Å². The van der Waals surface area contributed by atoms with Gasteiger partial charge in [-0.3, -0.25) is 29.5 Å². The lowest BCUT2D eigenvalue weighted by molar-refractivity contribution is -0.384. The summed E-state index contributed by atoms with van der Waals surface area (Å²) < 4.78 is 23.0. The van der Waals surface area contributed by atoms with Crippen LogP contribution in [0, 0.1) is 59.5 Å². The molecule has 1 aliphatic carbocycles. The van der Waals surface area contributed by atoms with Crippen LogP contribution in [0.2, 0.25) is 0 Å². The monoisotopic (exact) mass is 1080 g/mol. The number of aryl methyl sites for hydroxylation is 1. The predicted molar refractivity (Wildman–Crippen MR) is 286 cm³/mol. The summed E-state index contributed by atoms with van der Waals surface area (Å²) in [4.78, 5) is 87.6. The number of amides is 2. The van der Waals surface area contributed by atoms with Crippen LogP contribution in [-0.4, -0.2) is 109 Å². The third kappa shape index (κ3) is 11.4. The van der Waals surface area contributed by atoms with E-state index >= 15 is 4.79 Å². The third-order valence-electron chi connectivity index (χ3n) is 15.8. The van der Waals surface area contributed by atoms with Crippen LogP contribution in [0.1, 0.15) is 106 Å². The number of phenols is 1. The molecular formula is C57H66ClN5O14. The van der Waals surface area contributed by atoms with Crippen molar-refractivity contribution < 1.29 is 63.2 Å². The first-order valence-electron chi connectivity index (χ1n) is 25.5. The predicted octanol–water partition coefficient (Wildman–Crippen LogP) is 9.47. The molecule has 4 N–H and O–H groups in total. The summed E-state index contributed by atoms with van der Waals surface area (Å²) in [6.45, 7) is 19.2. The SMILES string of the molecule is C/C1=C/C=C/[C@H](C)[C@H](O)[C@@H](C)[C@@H](O)[C@@H](C)[C@H](C)[C@H](C)[C@@H](C)/C=C/O[C@@]2(C)Oc3c(C)c(O)c4c(c3C2=O)C2=NC3(CCN(C)CC3)N(C(=O)Oc3ccc(C)cc3)C2=C(NC1=O)C4=O.O=C(Cl)Oc1ccc([N+](=O)[O-])cc1. The van der Waals surface area contributed by atoms with E-state index < -0.39 is 75.2 Å². The minimum Gasteiger partial charge on any atom is -0.507 e. The first kappa shape index (κ1) is 57.5. The zero-order valence-corrected chi connectivity index (χ0v) is 45.7. The van der Waals surface area contributed by atoms with Crippen molar-refractivity contribution >= 4 is 52.0 Å². The number of nitro benzene ring substituents is 1. The van der Waals surface area contributed by atoms with Gasteiger partial charge in [0, 0.05) is 85.1 Å². The van der Waals surface area contributed by atoms with Crippen LogP contribution in [0.5, 0.6) is 23.0 Å². The molecule has 5 heterocycles. The highest BCUT2D eigenvalue weighted by atomic mass is 35.5. The van der Waals surface area contributed by atoms with Gasteiger partial charge >= 0.3 is 17.3 Å². The Morgan fingerprint density at radius 1 is 0.831 bits per heavy atom. The number of piperidine rings is 1. The Labute approximate surface area is 452 Å². The number of phenolic OH excluding ortho intramolecular Hbond substituents is 1. The first-order valence-corrected chi connectivity index (χ1v) is 25.9. The number of allylic oxidation sites excluding steroid dienone is 5. The van der Waals surface area contributed by atoms with Crippen molar-refractivity contribution in [3.8, 4) is 23.0 Å². The van der Waals surface area contributed by atoms with Gasteiger partial charge in [0.25, 0.3) is 17.4 Å². The number of aliphatic hydroxyl groups excluding tert-OH is 2. The van der Waals surface area contributed by atoms with Crippen molar-refractivity contribution in [3.63, 3.8) is 0 Å². The molecule has 3 aromatic rings. The summed E-state index contributed by atoms with van der Waals surface area (Å²) in [5, 5.41) is 47.8. The van der Waals surface area contributed by atoms with Crippen molar-refractivity contribution in [2.45, 2.75) is 106 Å². The number of nitrogens with zero attached hydrogens (tertiary/aromatic N) is 4. The molecule has 0 aromatic heterocycles. The molecule has 1 saturated heterocycles. The fourth-order valence-corrected chi connectivity index (χ4v) is 10.4. The molecule has 20 heteroatoms. The molecule has 0 saturated carbocycles. The van der Waals surface area contributed by atoms with Crippen LogP contribution < -0.4 is 19.5 Å². The Morgan fingerprint density at radius 2 is 1.44 bits per heavy atom. The molecule has 3 aromatic carbocycles. The summed E-state index contributed by atoms with van der Waals surface area (Å²) in [5.41, 5.74) is -1.87. The van der Waals surface area contributed by atoms with E-state index in [1.54, 1.807) is 49.4 Å². The molecule has 6 aliphatic rings. The minimum atomic E-state index is -1.94. The fourth-order valence-electron chi connectivity index (χ4n) is 10.3. The zero-order valence-electron chi connectivity index (χ0n) is 45.0. The number of rotatable bonds is 3. The molecule has 9 rings (SSSR count). The minimum absolute atomic E-state index is 0.00271. The summed E-state index contributed by atoms with van der Waals surface area (Å²) in [6.07, 6.45) is 6.19. The molecule has 0 radical (unpaired) electrons. The molecule has 1 spiro atoms. The number of aliphatic imine (C=N–C) groups is 1. The number of hydrogen-bond acceptors (Lipinski definition) is 16. The van der Waals surface area contributed by atoms with Crippen molar-refractivity contribution in [1.82, 2.24) is 15.1 Å². The van der Waals surface area contributed by atoms with Gasteiger partial charge in [-0.15, -0.1) is 0 Å². The number of carbonyl (C=O) groups excluding carboxylic acids is 5. The number of halogens is 1. The second kappa shape index (κ2) is 22.8. The van der Waals surface area contributed by atoms with Crippen LogP contribution in [0.15, 0.2) is 101 Å². The van der Waals surface area contributed by atoms with Crippen molar-refractivity contribution in [1.29, 1.82) is 0 Å². The summed E-state index contributed by atoms with van der Waals surface area (Å²) in [6, 6.07) is 11.9. The number of carbonyl (C=O) groups is 5. The zero-order chi connectivity index (χ0) is 56.6. The smallest absolute Gasteiger partial charge is 0.421 e. The highest BCUT2D eigenvalue weighted by Gasteiger charge is 2.58. The first-order chi connectivity index (χ1) is 36.2. The summed E-state index contributed by atoms with van der Waals surface area (Å²) >= 11 is 4.92. The molecule has 77 heavy (non-hydrogen) atoms. The number of fused-ring (bicyclic) bond motifs is 13. The number of aromatic hydroxyl groups is 1. The molecule has 0 unspecified atom stereocenters. The number of ether oxygens (including phenoxy) is 4. The van der Waals surface area contributed by atoms with Gasteiger partial charge in [0.15, 0.2) is 0 Å². The lowest BCUT2D eigenvalue weighted by Gasteiger charge is -2.41. The van der Waals surface area contributed by atoms with E-state index in [1.807, 2.05) is 47.7 Å². The number of hydrogen-bond donors (Lipinski definition) is 4. The molecule has 2 amide bonds. The highest BCUT2D eigenvalue weighted by molar-refractivity contribution is 6.61. The second-order valence-electron chi connectivity index (χ2n) is 21.0. The maximum atomic E-state index is 15.2. The van der Waals surface area contributed by atoms with E-state index in [1.165, 1.54) is 49.3 Å². The lowest BCUT2D eigenvalue weighted by atomic mass is 9.72. The average molecular weight is 1080 g/mol. The Balaban J connectivity index is 0.000000580. The van der Waals surface area contributed by atoms with Gasteiger partial charge in [0.05, 0.1) is 40.2 Å². The van der Waals surface area contributed by atoms with Crippen LogP contribution in [-0.2, 0) is 9.53 Å². The van der Waals surface area contributed by atoms with E-state index in [-0.39, 0.29) is 91.5 Å². The fraction of sp³-hybridized carbons (Fsp3) is 0.439. The van der Waals surface area contributed by atoms with Gasteiger partial charge in [-0.2, -0.15) is 0 Å². The number of likely N-dealkylation sites (tertiary alicyclic amines) is 1. The van der Waals surface area contributed by atoms with Gasteiger partial charge < -0.3 is 44.5 Å². The van der Waals surface area contributed by atoms with Crippen LogP contribution >= 0.6 is 11.6 Å². The summed E-state index contributed by atoms with van der Waals surface area (Å²) in [5.74, 6) is -5.32. The van der Waals surface area contributed by atoms with Gasteiger partial charge in [-0.05, 0) is 81.8 Å². The van der Waals surface area contributed by atoms with Gasteiger partial charge in [-0.1, -0.05) is 77.5 Å². The quantitative estimate of drug-likeness (QED) is 0.108. The second-order valence-corrected chi connectivity index (χ2v) is 21.3. The molecule has 5 bridgehead atoms. The van der Waals surface area contributed by atoms with E-state index in [0.717, 1.165) is 5.56 Å². The van der Waals surface area contributed by atoms with E-state index in [2.05, 4.69) is 28.8 Å². The molecule has 19 nitrogen and oxygen atoms in total.